The molecule has 9 nitrogen and oxygen atoms in total. The van der Waals surface area contributed by atoms with E-state index in [1.165, 1.54) is 13.2 Å². The molecule has 0 amide bonds. The molecule has 11 heteroatoms. The van der Waals surface area contributed by atoms with Crippen molar-refractivity contribution in [2.24, 2.45) is 5.92 Å². The minimum absolute atomic E-state index is 0.174. The molecule has 0 spiro atoms. The molecule has 0 fully saturated rings. The van der Waals surface area contributed by atoms with E-state index < -0.39 is 58.1 Å². The molecule has 0 aromatic carbocycles. The first-order chi connectivity index (χ1) is 16.1. The average Bonchev–Trinajstić information content (AvgIpc) is 3.06. The Morgan fingerprint density at radius 2 is 1.69 bits per heavy atom. The van der Waals surface area contributed by atoms with E-state index in [1.54, 1.807) is 6.92 Å². The van der Waals surface area contributed by atoms with Gasteiger partial charge in [0.05, 0.1) is 12.2 Å². The third-order valence-electron chi connectivity index (χ3n) is 6.18. The van der Waals surface area contributed by atoms with Crippen LogP contribution in [0, 0.1) is 5.92 Å². The van der Waals surface area contributed by atoms with E-state index in [0.29, 0.717) is 12.2 Å². The summed E-state index contributed by atoms with van der Waals surface area (Å²) in [4.78, 5) is 25.9. The lowest BCUT2D eigenvalue weighted by Gasteiger charge is -2.46. The molecule has 200 valence electrons. The molecule has 35 heavy (non-hydrogen) atoms. The van der Waals surface area contributed by atoms with Crippen LogP contribution in [0.4, 0.5) is 0 Å². The molecule has 2 N–H and O–H groups in total. The zero-order valence-corrected chi connectivity index (χ0v) is 24.3. The van der Waals surface area contributed by atoms with Crippen molar-refractivity contribution in [2.75, 3.05) is 27.1 Å². The number of rotatable bonds is 12. The largest absolute Gasteiger partial charge is 0.465 e. The molecule has 1 unspecified atom stereocenters. The second-order valence-electron chi connectivity index (χ2n) is 11.6. The van der Waals surface area contributed by atoms with Crippen LogP contribution in [0.15, 0.2) is 23.3 Å². The van der Waals surface area contributed by atoms with Gasteiger partial charge in [-0.2, -0.15) is 0 Å². The monoisotopic (exact) mass is 530 g/mol. The second-order valence-corrected chi connectivity index (χ2v) is 22.9. The lowest BCUT2D eigenvalue weighted by Crippen LogP contribution is -2.62. The van der Waals surface area contributed by atoms with Crippen molar-refractivity contribution in [2.45, 2.75) is 82.4 Å². The van der Waals surface area contributed by atoms with Crippen LogP contribution in [-0.2, 0) is 33.3 Å². The van der Waals surface area contributed by atoms with E-state index in [1.807, 2.05) is 0 Å². The Morgan fingerprint density at radius 3 is 2.20 bits per heavy atom. The molecule has 0 aromatic heterocycles. The van der Waals surface area contributed by atoms with Gasteiger partial charge in [0.2, 0.25) is 6.29 Å². The lowest BCUT2D eigenvalue weighted by molar-refractivity contribution is -0.205. The first-order valence-electron chi connectivity index (χ1n) is 12.0. The number of carbonyl (C=O) groups excluding carboxylic acids is 2. The minimum Gasteiger partial charge on any atom is -0.465 e. The molecule has 0 bridgehead atoms. The molecule has 0 aromatic rings. The van der Waals surface area contributed by atoms with Crippen molar-refractivity contribution in [3.8, 4) is 0 Å². The molecule has 5 atom stereocenters. The Hall–Kier alpha value is -1.35. The van der Waals surface area contributed by atoms with E-state index in [2.05, 4.69) is 39.3 Å². The van der Waals surface area contributed by atoms with Crippen molar-refractivity contribution >= 4 is 28.1 Å². The summed E-state index contributed by atoms with van der Waals surface area (Å²) in [6.45, 7) is 15.5. The number of aliphatic hydroxyl groups is 2. The van der Waals surface area contributed by atoms with Crippen LogP contribution < -0.4 is 0 Å². The highest BCUT2D eigenvalue weighted by Crippen LogP contribution is 2.43. The lowest BCUT2D eigenvalue weighted by atomic mass is 9.69. The molecule has 2 rings (SSSR count). The van der Waals surface area contributed by atoms with Gasteiger partial charge in [0, 0.05) is 29.9 Å². The van der Waals surface area contributed by atoms with Gasteiger partial charge in [0.25, 0.3) is 0 Å². The maximum atomic E-state index is 13.2. The first-order valence-corrected chi connectivity index (χ1v) is 19.4. The van der Waals surface area contributed by atoms with E-state index in [9.17, 15) is 19.8 Å². The third kappa shape index (κ3) is 7.82. The molecule has 2 aliphatic rings. The maximum absolute atomic E-state index is 13.2. The van der Waals surface area contributed by atoms with Crippen LogP contribution >= 0.6 is 0 Å². The van der Waals surface area contributed by atoms with E-state index in [0.717, 1.165) is 18.2 Å². The molecule has 0 saturated carbocycles. The molecular formula is C24H42O9Si2. The van der Waals surface area contributed by atoms with Crippen LogP contribution in [0.2, 0.25) is 51.4 Å². The topological polar surface area (TPSA) is 121 Å². The molecule has 0 saturated heterocycles. The second kappa shape index (κ2) is 11.8. The molecule has 1 aliphatic carbocycles. The van der Waals surface area contributed by atoms with Crippen molar-refractivity contribution in [1.29, 1.82) is 0 Å². The van der Waals surface area contributed by atoms with Gasteiger partial charge in [-0.25, -0.2) is 4.79 Å². The summed E-state index contributed by atoms with van der Waals surface area (Å²) in [5, 5.41) is 21.9. The van der Waals surface area contributed by atoms with Crippen LogP contribution in [0.3, 0.4) is 0 Å². The van der Waals surface area contributed by atoms with Crippen molar-refractivity contribution in [3.63, 3.8) is 0 Å². The molecule has 1 heterocycles. The van der Waals surface area contributed by atoms with Crippen molar-refractivity contribution < 1.29 is 43.5 Å². The Labute approximate surface area is 210 Å². The number of carbonyl (C=O) groups is 2. The number of methoxy groups -OCH3 is 1. The Bertz CT molecular complexity index is 828. The Balaban J connectivity index is 2.37. The first kappa shape index (κ1) is 29.9. The summed E-state index contributed by atoms with van der Waals surface area (Å²) in [5.41, 5.74) is -1.83. The normalized spacial score (nSPS) is 29.5. The van der Waals surface area contributed by atoms with E-state index >= 15 is 0 Å². The van der Waals surface area contributed by atoms with E-state index in [4.69, 9.17) is 23.7 Å². The van der Waals surface area contributed by atoms with Crippen molar-refractivity contribution in [1.82, 2.24) is 0 Å². The maximum Gasteiger partial charge on any atom is 0.339 e. The number of hydrogen-bond acceptors (Lipinski definition) is 9. The number of esters is 2. The van der Waals surface area contributed by atoms with Crippen LogP contribution in [0.5, 0.6) is 0 Å². The zero-order chi connectivity index (χ0) is 26.6. The van der Waals surface area contributed by atoms with Crippen molar-refractivity contribution in [3.05, 3.63) is 23.3 Å². The average molecular weight is 531 g/mol. The van der Waals surface area contributed by atoms with Crippen LogP contribution in [0.25, 0.3) is 0 Å². The smallest absolute Gasteiger partial charge is 0.339 e. The predicted molar refractivity (Wildman–Crippen MR) is 136 cm³/mol. The highest BCUT2D eigenvalue weighted by atomic mass is 28.3. The van der Waals surface area contributed by atoms with Gasteiger partial charge in [0.15, 0.2) is 0 Å². The van der Waals surface area contributed by atoms with Gasteiger partial charge >= 0.3 is 11.9 Å². The summed E-state index contributed by atoms with van der Waals surface area (Å²) in [6, 6.07) is 1.68. The Morgan fingerprint density at radius 1 is 1.09 bits per heavy atom. The highest BCUT2D eigenvalue weighted by molar-refractivity contribution is 6.76. The predicted octanol–water partition coefficient (Wildman–Crippen LogP) is 2.69. The number of aliphatic hydroxyl groups excluding tert-OH is 1. The minimum atomic E-state index is -2.20. The molecular weight excluding hydrogens is 488 g/mol. The summed E-state index contributed by atoms with van der Waals surface area (Å²) in [6.07, 6.45) is -0.878. The van der Waals surface area contributed by atoms with Crippen LogP contribution in [0.1, 0.15) is 6.92 Å². The Kier molecular flexibility index (Phi) is 10.1. The third-order valence-corrected chi connectivity index (χ3v) is 9.59. The fourth-order valence-corrected chi connectivity index (χ4v) is 5.52. The number of ether oxygens (including phenoxy) is 5. The number of cyclic esters (lactones) is 1. The van der Waals surface area contributed by atoms with E-state index in [-0.39, 0.29) is 19.0 Å². The van der Waals surface area contributed by atoms with Gasteiger partial charge < -0.3 is 33.9 Å². The number of hydrogen-bond donors (Lipinski definition) is 2. The standard InChI is InChI=1S/C24H42O9Si2/c1-16-13-17(22(26)31-10-12-35(6,7)8)24(28,18-14-19(25)33-23(18)27)21(20(16)29-2)32-15-30-9-11-34(3,4)5/h13-14,17,19-21,25,28H,9-12,15H2,1-8H3/t17-,19?,20+,21+,24-/m0/s1. The molecule has 1 aliphatic heterocycles. The highest BCUT2D eigenvalue weighted by Gasteiger charge is 2.60. The fourth-order valence-electron chi connectivity index (χ4n) is 4.04. The summed E-state index contributed by atoms with van der Waals surface area (Å²) in [7, 11) is -1.33. The van der Waals surface area contributed by atoms with Gasteiger partial charge in [-0.3, -0.25) is 4.79 Å². The van der Waals surface area contributed by atoms with Crippen LogP contribution in [-0.4, -0.2) is 89.5 Å². The summed E-state index contributed by atoms with van der Waals surface area (Å²) in [5.74, 6) is -2.90. The van der Waals surface area contributed by atoms with Gasteiger partial charge in [-0.1, -0.05) is 45.4 Å². The SMILES string of the molecule is CO[C@@H]1C(C)=C[C@@H](C(=O)OCC[Si](C)(C)C)[C@](O)(C2=CC(O)OC2=O)[C@@H]1OCOCC[Si](C)(C)C. The van der Waals surface area contributed by atoms with Gasteiger partial charge in [-0.05, 0) is 30.7 Å². The molecule has 0 radical (unpaired) electrons. The summed E-state index contributed by atoms with van der Waals surface area (Å²) < 4.78 is 27.6. The zero-order valence-electron chi connectivity index (χ0n) is 22.3. The van der Waals surface area contributed by atoms with Gasteiger partial charge in [-0.15, -0.1) is 0 Å². The fraction of sp³-hybridized carbons (Fsp3) is 0.750. The summed E-state index contributed by atoms with van der Waals surface area (Å²) >= 11 is 0. The quantitative estimate of drug-likeness (QED) is 0.129. The van der Waals surface area contributed by atoms with Gasteiger partial charge in [0.1, 0.15) is 30.5 Å².